The predicted molar refractivity (Wildman–Crippen MR) is 120 cm³/mol. The molecule has 2 aliphatic rings. The number of para-hydroxylation sites is 1. The summed E-state index contributed by atoms with van der Waals surface area (Å²) in [6.07, 6.45) is -0.586. The summed E-state index contributed by atoms with van der Waals surface area (Å²) in [4.78, 5) is 31.7. The van der Waals surface area contributed by atoms with Crippen molar-refractivity contribution in [2.45, 2.75) is 50.7 Å². The average Bonchev–Trinajstić information content (AvgIpc) is 3.31. The monoisotopic (exact) mass is 475 g/mol. The zero-order chi connectivity index (χ0) is 24.1. The summed E-state index contributed by atoms with van der Waals surface area (Å²) in [7, 11) is 0. The first-order chi connectivity index (χ1) is 16.3. The number of rotatable bonds is 6. The molecule has 1 saturated carbocycles. The van der Waals surface area contributed by atoms with Gasteiger partial charge >= 0.3 is 6.18 Å². The van der Waals surface area contributed by atoms with Gasteiger partial charge in [0.1, 0.15) is 6.61 Å². The van der Waals surface area contributed by atoms with Crippen LogP contribution in [0.25, 0.3) is 0 Å². The van der Waals surface area contributed by atoms with E-state index in [-0.39, 0.29) is 55.9 Å². The number of hydrogen-bond donors (Lipinski definition) is 1. The highest BCUT2D eigenvalue weighted by molar-refractivity contribution is 6.04. The van der Waals surface area contributed by atoms with Gasteiger partial charge in [0.05, 0.1) is 12.0 Å². The van der Waals surface area contributed by atoms with Crippen molar-refractivity contribution in [2.24, 2.45) is 11.8 Å². The lowest BCUT2D eigenvalue weighted by Gasteiger charge is -2.33. The third-order valence-electron chi connectivity index (χ3n) is 6.65. The Morgan fingerprint density at radius 3 is 2.47 bits per heavy atom. The summed E-state index contributed by atoms with van der Waals surface area (Å²) < 4.78 is 44.8. The normalized spacial score (nSPS) is 22.9. The molecule has 1 aromatic carbocycles. The number of nitrogens with one attached hydrogen (secondary N) is 1. The molecular formula is C25H28F3N3O3. The third-order valence-corrected chi connectivity index (χ3v) is 6.65. The van der Waals surface area contributed by atoms with Crippen molar-refractivity contribution >= 4 is 17.5 Å². The molecule has 1 aliphatic carbocycles. The maximum absolute atomic E-state index is 13.1. The minimum Gasteiger partial charge on any atom is -0.489 e. The molecule has 6 nitrogen and oxygen atoms in total. The van der Waals surface area contributed by atoms with Crippen LogP contribution < -0.4 is 10.1 Å². The fraction of sp³-hybridized carbons (Fsp3) is 0.480. The van der Waals surface area contributed by atoms with Gasteiger partial charge < -0.3 is 15.0 Å². The van der Waals surface area contributed by atoms with Crippen LogP contribution in [0.4, 0.5) is 18.9 Å². The molecule has 0 bridgehead atoms. The molecule has 2 fully saturated rings. The van der Waals surface area contributed by atoms with Crippen molar-refractivity contribution in [3.63, 3.8) is 0 Å². The number of carbonyl (C=O) groups is 2. The Morgan fingerprint density at radius 2 is 1.76 bits per heavy atom. The van der Waals surface area contributed by atoms with Gasteiger partial charge in [0.15, 0.2) is 11.4 Å². The second-order valence-electron chi connectivity index (χ2n) is 8.90. The number of alkyl halides is 3. The Balaban J connectivity index is 1.35. The second-order valence-corrected chi connectivity index (χ2v) is 8.90. The molecule has 1 unspecified atom stereocenters. The second kappa shape index (κ2) is 10.4. The van der Waals surface area contributed by atoms with Gasteiger partial charge in [-0.1, -0.05) is 18.2 Å². The van der Waals surface area contributed by atoms with Crippen LogP contribution in [0.5, 0.6) is 5.75 Å². The number of nitrogens with zero attached hydrogens (tertiary/aromatic N) is 2. The van der Waals surface area contributed by atoms with Crippen LogP contribution in [0, 0.1) is 11.8 Å². The Hall–Kier alpha value is -3.10. The van der Waals surface area contributed by atoms with Gasteiger partial charge in [-0.15, -0.1) is 0 Å². The number of aromatic nitrogens is 1. The van der Waals surface area contributed by atoms with E-state index in [2.05, 4.69) is 10.3 Å². The molecule has 2 aromatic rings. The van der Waals surface area contributed by atoms with Crippen LogP contribution in [0.1, 0.15) is 49.0 Å². The van der Waals surface area contributed by atoms with Crippen molar-refractivity contribution < 1.29 is 27.5 Å². The van der Waals surface area contributed by atoms with Crippen molar-refractivity contribution in [3.8, 4) is 5.75 Å². The Kier molecular flexibility index (Phi) is 7.38. The van der Waals surface area contributed by atoms with Gasteiger partial charge in [-0.2, -0.15) is 13.2 Å². The highest BCUT2D eigenvalue weighted by atomic mass is 19.4. The molecule has 1 N–H and O–H groups in total. The first-order valence-electron chi connectivity index (χ1n) is 11.6. The average molecular weight is 476 g/mol. The Morgan fingerprint density at radius 1 is 1.03 bits per heavy atom. The lowest BCUT2D eigenvalue weighted by Crippen LogP contribution is -2.44. The zero-order valence-corrected chi connectivity index (χ0v) is 18.8. The largest absolute Gasteiger partial charge is 0.489 e. The van der Waals surface area contributed by atoms with Gasteiger partial charge in [-0.25, -0.2) is 4.98 Å². The summed E-state index contributed by atoms with van der Waals surface area (Å²) in [6.45, 7) is 0.765. The van der Waals surface area contributed by atoms with Crippen LogP contribution in [-0.2, 0) is 4.79 Å². The lowest BCUT2D eigenvalue weighted by molar-refractivity contribution is -0.185. The smallest absolute Gasteiger partial charge is 0.391 e. The molecule has 4 rings (SSSR count). The van der Waals surface area contributed by atoms with Crippen molar-refractivity contribution in [2.75, 3.05) is 18.5 Å². The van der Waals surface area contributed by atoms with Crippen LogP contribution in [0.2, 0.25) is 0 Å². The number of likely N-dealkylation sites (tertiary alicyclic amines) is 1. The fourth-order valence-electron chi connectivity index (χ4n) is 4.78. The molecule has 0 radical (unpaired) electrons. The number of pyridine rings is 1. The summed E-state index contributed by atoms with van der Waals surface area (Å²) in [5.41, 5.74) is 0.782. The van der Waals surface area contributed by atoms with E-state index in [1.165, 1.54) is 6.20 Å². The van der Waals surface area contributed by atoms with Gasteiger partial charge in [0.25, 0.3) is 5.91 Å². The molecule has 34 heavy (non-hydrogen) atoms. The number of halogens is 3. The molecule has 1 aromatic heterocycles. The van der Waals surface area contributed by atoms with E-state index in [1.54, 1.807) is 29.2 Å². The first-order valence-corrected chi connectivity index (χ1v) is 11.6. The third kappa shape index (κ3) is 5.69. The van der Waals surface area contributed by atoms with E-state index in [0.29, 0.717) is 18.0 Å². The predicted octanol–water partition coefficient (Wildman–Crippen LogP) is 5.07. The lowest BCUT2D eigenvalue weighted by atomic mass is 9.81. The van der Waals surface area contributed by atoms with Crippen LogP contribution in [-0.4, -0.2) is 47.1 Å². The molecule has 2 amide bonds. The van der Waals surface area contributed by atoms with Gasteiger partial charge in [-0.3, -0.25) is 9.59 Å². The maximum Gasteiger partial charge on any atom is 0.391 e. The number of anilines is 1. The molecule has 1 aliphatic heterocycles. The number of hydrogen-bond acceptors (Lipinski definition) is 4. The number of ether oxygens (including phenoxy) is 1. The molecule has 0 spiro atoms. The highest BCUT2D eigenvalue weighted by Crippen LogP contribution is 2.40. The van der Waals surface area contributed by atoms with E-state index in [0.717, 1.165) is 12.8 Å². The zero-order valence-electron chi connectivity index (χ0n) is 18.8. The van der Waals surface area contributed by atoms with Crippen LogP contribution >= 0.6 is 0 Å². The summed E-state index contributed by atoms with van der Waals surface area (Å²) in [6, 6.07) is 12.2. The molecule has 182 valence electrons. The maximum atomic E-state index is 13.1. The number of carbonyl (C=O) groups excluding carboxylic acids is 2. The standard InChI is InChI=1S/C25H28F3N3O3/c26-25(27,28)18-12-10-17(11-13-18)24(33)31-15-5-8-20(31)16-34-21-9-4-14-29-22(21)23(32)30-19-6-2-1-3-7-19/h1-4,6-7,9,14,17-18,20H,5,8,10-13,15-16H2,(H,30,32). The minimum absolute atomic E-state index is 0.00445. The Labute approximate surface area is 196 Å². The van der Waals surface area contributed by atoms with Crippen molar-refractivity contribution in [1.29, 1.82) is 0 Å². The molecule has 2 heterocycles. The fourth-order valence-corrected chi connectivity index (χ4v) is 4.78. The topological polar surface area (TPSA) is 71.5 Å². The van der Waals surface area contributed by atoms with E-state index in [9.17, 15) is 22.8 Å². The first kappa shape index (κ1) is 24.0. The van der Waals surface area contributed by atoms with E-state index in [4.69, 9.17) is 4.74 Å². The van der Waals surface area contributed by atoms with Gasteiger partial charge in [-0.05, 0) is 62.8 Å². The van der Waals surface area contributed by atoms with Crippen LogP contribution in [0.3, 0.4) is 0 Å². The highest BCUT2D eigenvalue weighted by Gasteiger charge is 2.44. The van der Waals surface area contributed by atoms with E-state index >= 15 is 0 Å². The minimum atomic E-state index is -4.19. The quantitative estimate of drug-likeness (QED) is 0.633. The van der Waals surface area contributed by atoms with E-state index < -0.39 is 18.0 Å². The van der Waals surface area contributed by atoms with Crippen molar-refractivity contribution in [1.82, 2.24) is 9.88 Å². The summed E-state index contributed by atoms with van der Waals surface area (Å²) >= 11 is 0. The van der Waals surface area contributed by atoms with Gasteiger partial charge in [0, 0.05) is 24.3 Å². The van der Waals surface area contributed by atoms with E-state index in [1.807, 2.05) is 18.2 Å². The molecule has 1 atom stereocenters. The number of benzene rings is 1. The van der Waals surface area contributed by atoms with Crippen molar-refractivity contribution in [3.05, 3.63) is 54.4 Å². The molecular weight excluding hydrogens is 447 g/mol. The summed E-state index contributed by atoms with van der Waals surface area (Å²) in [5.74, 6) is -1.84. The van der Waals surface area contributed by atoms with Gasteiger partial charge in [0.2, 0.25) is 5.91 Å². The SMILES string of the molecule is O=C(Nc1ccccc1)c1ncccc1OCC1CCCN1C(=O)C1CCC(C(F)(F)F)CC1. The molecule has 1 saturated heterocycles. The number of amides is 2. The Bertz CT molecular complexity index is 992. The summed E-state index contributed by atoms with van der Waals surface area (Å²) in [5, 5.41) is 2.78. The van der Waals surface area contributed by atoms with Crippen LogP contribution in [0.15, 0.2) is 48.7 Å². The molecule has 9 heteroatoms.